The monoisotopic (exact) mass is 277 g/mol. The summed E-state index contributed by atoms with van der Waals surface area (Å²) in [7, 11) is 0. The fourth-order valence-corrected chi connectivity index (χ4v) is 1.81. The van der Waals surface area contributed by atoms with Crippen LogP contribution in [0.5, 0.6) is 0 Å². The normalized spacial score (nSPS) is 12.8. The lowest BCUT2D eigenvalue weighted by atomic mass is 9.95. The standard InChI is InChI=1S/C16H23NO3/c1-16(2,3)20-15(19)14(17)13(11-18)10-9-12-7-5-4-6-8-12/h4-8,13,17-18H,9-11H2,1-3H3. The van der Waals surface area contributed by atoms with Gasteiger partial charge in [-0.15, -0.1) is 0 Å². The topological polar surface area (TPSA) is 70.4 Å². The smallest absolute Gasteiger partial charge is 0.352 e. The lowest BCUT2D eigenvalue weighted by Crippen LogP contribution is -2.33. The molecule has 4 nitrogen and oxygen atoms in total. The Balaban J connectivity index is 2.57. The van der Waals surface area contributed by atoms with Crippen LogP contribution in [0.1, 0.15) is 32.8 Å². The van der Waals surface area contributed by atoms with Crippen molar-refractivity contribution in [3.63, 3.8) is 0 Å². The van der Waals surface area contributed by atoms with Gasteiger partial charge in [0.15, 0.2) is 0 Å². The highest BCUT2D eigenvalue weighted by Crippen LogP contribution is 2.14. The molecule has 0 amide bonds. The Morgan fingerprint density at radius 1 is 1.30 bits per heavy atom. The number of rotatable bonds is 6. The van der Waals surface area contributed by atoms with E-state index in [2.05, 4.69) is 0 Å². The molecule has 110 valence electrons. The van der Waals surface area contributed by atoms with E-state index in [0.29, 0.717) is 6.42 Å². The molecule has 1 aromatic carbocycles. The zero-order valence-corrected chi connectivity index (χ0v) is 12.3. The van der Waals surface area contributed by atoms with Crippen molar-refractivity contribution in [3.8, 4) is 0 Å². The van der Waals surface area contributed by atoms with E-state index < -0.39 is 17.5 Å². The largest absolute Gasteiger partial charge is 0.455 e. The minimum Gasteiger partial charge on any atom is -0.455 e. The van der Waals surface area contributed by atoms with E-state index in [9.17, 15) is 9.90 Å². The molecule has 0 aliphatic rings. The fourth-order valence-electron chi connectivity index (χ4n) is 1.81. The van der Waals surface area contributed by atoms with Gasteiger partial charge in [0.2, 0.25) is 0 Å². The zero-order valence-electron chi connectivity index (χ0n) is 12.3. The van der Waals surface area contributed by atoms with Crippen molar-refractivity contribution in [1.82, 2.24) is 0 Å². The van der Waals surface area contributed by atoms with Gasteiger partial charge in [-0.05, 0) is 39.2 Å². The number of carbonyl (C=O) groups excluding carboxylic acids is 1. The summed E-state index contributed by atoms with van der Waals surface area (Å²) >= 11 is 0. The first-order valence-corrected chi connectivity index (χ1v) is 6.80. The van der Waals surface area contributed by atoms with Crippen molar-refractivity contribution in [2.45, 2.75) is 39.2 Å². The highest BCUT2D eigenvalue weighted by molar-refractivity contribution is 6.36. The van der Waals surface area contributed by atoms with E-state index in [-0.39, 0.29) is 12.3 Å². The van der Waals surface area contributed by atoms with Gasteiger partial charge in [-0.3, -0.25) is 5.41 Å². The van der Waals surface area contributed by atoms with Gasteiger partial charge in [-0.2, -0.15) is 0 Å². The van der Waals surface area contributed by atoms with Crippen LogP contribution in [0.3, 0.4) is 0 Å². The Kier molecular flexibility index (Phi) is 5.89. The van der Waals surface area contributed by atoms with Gasteiger partial charge in [0.1, 0.15) is 11.3 Å². The first-order chi connectivity index (χ1) is 9.33. The van der Waals surface area contributed by atoms with Crippen LogP contribution in [0, 0.1) is 11.3 Å². The molecule has 20 heavy (non-hydrogen) atoms. The molecule has 1 unspecified atom stereocenters. The number of nitrogens with one attached hydrogen (secondary N) is 1. The maximum absolute atomic E-state index is 11.8. The summed E-state index contributed by atoms with van der Waals surface area (Å²) in [5.41, 5.74) is 0.351. The lowest BCUT2D eigenvalue weighted by Gasteiger charge is -2.22. The average Bonchev–Trinajstić information content (AvgIpc) is 2.38. The molecule has 1 atom stereocenters. The van der Waals surface area contributed by atoms with Crippen molar-refractivity contribution >= 4 is 11.7 Å². The molecule has 1 aromatic rings. The second-order valence-electron chi connectivity index (χ2n) is 5.82. The molecule has 0 bridgehead atoms. The summed E-state index contributed by atoms with van der Waals surface area (Å²) in [6, 6.07) is 9.82. The summed E-state index contributed by atoms with van der Waals surface area (Å²) in [6.07, 6.45) is 1.27. The number of hydrogen-bond donors (Lipinski definition) is 2. The fraction of sp³-hybridized carbons (Fsp3) is 0.500. The molecule has 0 fully saturated rings. The third-order valence-corrected chi connectivity index (χ3v) is 2.87. The highest BCUT2D eigenvalue weighted by Gasteiger charge is 2.25. The minimum atomic E-state index is -0.649. The first kappa shape index (κ1) is 16.4. The summed E-state index contributed by atoms with van der Waals surface area (Å²) in [6.45, 7) is 5.06. The number of aryl methyl sites for hydroxylation is 1. The minimum absolute atomic E-state index is 0.154. The molecule has 0 saturated carbocycles. The molecule has 0 saturated heterocycles. The Morgan fingerprint density at radius 2 is 1.90 bits per heavy atom. The number of esters is 1. The third-order valence-electron chi connectivity index (χ3n) is 2.87. The lowest BCUT2D eigenvalue weighted by molar-refractivity contribution is -0.146. The summed E-state index contributed by atoms with van der Waals surface area (Å²) in [5.74, 6) is -1.13. The number of aliphatic hydroxyl groups excluding tert-OH is 1. The van der Waals surface area contributed by atoms with E-state index in [1.165, 1.54) is 0 Å². The van der Waals surface area contributed by atoms with E-state index in [1.807, 2.05) is 30.3 Å². The number of carbonyl (C=O) groups is 1. The predicted octanol–water partition coefficient (Wildman–Crippen LogP) is 2.59. The number of ether oxygens (including phenoxy) is 1. The van der Waals surface area contributed by atoms with Crippen molar-refractivity contribution < 1.29 is 14.6 Å². The van der Waals surface area contributed by atoms with Crippen LogP contribution in [-0.4, -0.2) is 29.0 Å². The molecule has 0 aliphatic carbocycles. The van der Waals surface area contributed by atoms with Gasteiger partial charge < -0.3 is 9.84 Å². The van der Waals surface area contributed by atoms with Crippen LogP contribution in [0.4, 0.5) is 0 Å². The molecular formula is C16H23NO3. The Hall–Kier alpha value is -1.68. The second-order valence-corrected chi connectivity index (χ2v) is 5.82. The summed E-state index contributed by atoms with van der Waals surface area (Å²) < 4.78 is 5.16. The van der Waals surface area contributed by atoms with E-state index in [1.54, 1.807) is 20.8 Å². The molecule has 0 spiro atoms. The van der Waals surface area contributed by atoms with Crippen LogP contribution in [-0.2, 0) is 16.0 Å². The number of benzene rings is 1. The Labute approximate surface area is 120 Å². The molecule has 0 radical (unpaired) electrons. The zero-order chi connectivity index (χ0) is 15.2. The Bertz CT molecular complexity index is 449. The molecular weight excluding hydrogens is 254 g/mol. The maximum Gasteiger partial charge on any atom is 0.352 e. The molecule has 4 heteroatoms. The quantitative estimate of drug-likeness (QED) is 0.620. The maximum atomic E-state index is 11.8. The van der Waals surface area contributed by atoms with Gasteiger partial charge in [-0.25, -0.2) is 4.79 Å². The van der Waals surface area contributed by atoms with E-state index >= 15 is 0 Å². The predicted molar refractivity (Wildman–Crippen MR) is 78.9 cm³/mol. The van der Waals surface area contributed by atoms with Gasteiger partial charge in [0.05, 0.1) is 6.61 Å². The Morgan fingerprint density at radius 3 is 2.40 bits per heavy atom. The molecule has 0 heterocycles. The van der Waals surface area contributed by atoms with Crippen LogP contribution in [0.15, 0.2) is 30.3 Å². The number of hydrogen-bond acceptors (Lipinski definition) is 4. The molecule has 0 aromatic heterocycles. The molecule has 0 aliphatic heterocycles. The number of aliphatic hydroxyl groups is 1. The summed E-state index contributed by atoms with van der Waals surface area (Å²) in [5, 5.41) is 17.2. The third kappa shape index (κ3) is 5.53. The van der Waals surface area contributed by atoms with Crippen LogP contribution in [0.2, 0.25) is 0 Å². The SMILES string of the molecule is CC(C)(C)OC(=O)C(=N)C(CO)CCc1ccccc1. The van der Waals surface area contributed by atoms with E-state index in [4.69, 9.17) is 10.1 Å². The van der Waals surface area contributed by atoms with Crippen LogP contribution < -0.4 is 0 Å². The van der Waals surface area contributed by atoms with Crippen molar-refractivity contribution in [2.24, 2.45) is 5.92 Å². The van der Waals surface area contributed by atoms with Crippen molar-refractivity contribution in [3.05, 3.63) is 35.9 Å². The average molecular weight is 277 g/mol. The van der Waals surface area contributed by atoms with Crippen LogP contribution in [0.25, 0.3) is 0 Å². The van der Waals surface area contributed by atoms with Gasteiger partial charge in [-0.1, -0.05) is 30.3 Å². The molecule has 2 N–H and O–H groups in total. The first-order valence-electron chi connectivity index (χ1n) is 6.80. The van der Waals surface area contributed by atoms with Crippen molar-refractivity contribution in [2.75, 3.05) is 6.61 Å². The van der Waals surface area contributed by atoms with Gasteiger partial charge in [0.25, 0.3) is 0 Å². The van der Waals surface area contributed by atoms with Crippen molar-refractivity contribution in [1.29, 1.82) is 5.41 Å². The van der Waals surface area contributed by atoms with Gasteiger partial charge >= 0.3 is 5.97 Å². The summed E-state index contributed by atoms with van der Waals surface area (Å²) in [4.78, 5) is 11.8. The van der Waals surface area contributed by atoms with E-state index in [0.717, 1.165) is 12.0 Å². The highest BCUT2D eigenvalue weighted by atomic mass is 16.6. The second kappa shape index (κ2) is 7.20. The van der Waals surface area contributed by atoms with Crippen LogP contribution >= 0.6 is 0 Å². The molecule has 1 rings (SSSR count). The van der Waals surface area contributed by atoms with Gasteiger partial charge in [0, 0.05) is 5.92 Å².